The van der Waals surface area contributed by atoms with Crippen molar-refractivity contribution in [3.8, 4) is 5.75 Å². The van der Waals surface area contributed by atoms with Crippen LogP contribution in [-0.4, -0.2) is 22.6 Å². The second-order valence-electron chi connectivity index (χ2n) is 5.45. The molecule has 0 aliphatic rings. The highest BCUT2D eigenvalue weighted by molar-refractivity contribution is 5.92. The molecule has 1 heterocycles. The third-order valence-electron chi connectivity index (χ3n) is 3.10. The Hall–Kier alpha value is -2.50. The number of hydrogen-bond donors (Lipinski definition) is 2. The number of imidazole rings is 1. The van der Waals surface area contributed by atoms with Crippen LogP contribution < -0.4 is 15.8 Å². The van der Waals surface area contributed by atoms with E-state index < -0.39 is 0 Å². The highest BCUT2D eigenvalue weighted by Gasteiger charge is 2.04. The molecule has 0 aliphatic heterocycles. The van der Waals surface area contributed by atoms with Crippen molar-refractivity contribution in [1.82, 2.24) is 9.55 Å². The maximum Gasteiger partial charge on any atom is 0.193 e. The molecule has 22 heavy (non-hydrogen) atoms. The van der Waals surface area contributed by atoms with E-state index in [1.807, 2.05) is 30.5 Å². The summed E-state index contributed by atoms with van der Waals surface area (Å²) in [5.41, 5.74) is 6.77. The van der Waals surface area contributed by atoms with Gasteiger partial charge in [0.25, 0.3) is 0 Å². The first-order chi connectivity index (χ1) is 10.6. The quantitative estimate of drug-likeness (QED) is 0.634. The van der Waals surface area contributed by atoms with Gasteiger partial charge in [0.05, 0.1) is 7.11 Å². The first-order valence-corrected chi connectivity index (χ1v) is 7.29. The fourth-order valence-electron chi connectivity index (χ4n) is 2.10. The molecule has 0 fully saturated rings. The smallest absolute Gasteiger partial charge is 0.193 e. The van der Waals surface area contributed by atoms with Gasteiger partial charge in [-0.2, -0.15) is 0 Å². The number of aromatic nitrogens is 2. The van der Waals surface area contributed by atoms with E-state index in [-0.39, 0.29) is 0 Å². The Labute approximate surface area is 131 Å². The van der Waals surface area contributed by atoms with Crippen molar-refractivity contribution in [2.45, 2.75) is 26.9 Å². The topological polar surface area (TPSA) is 77.5 Å². The molecule has 0 aliphatic carbocycles. The largest absolute Gasteiger partial charge is 0.497 e. The minimum Gasteiger partial charge on any atom is -0.497 e. The Balaban J connectivity index is 1.99. The lowest BCUT2D eigenvalue weighted by molar-refractivity contribution is 0.415. The van der Waals surface area contributed by atoms with Crippen LogP contribution in [0.5, 0.6) is 5.75 Å². The second-order valence-corrected chi connectivity index (χ2v) is 5.45. The molecule has 1 aromatic carbocycles. The standard InChI is InChI=1S/C16H23N5O/c1-12(2)11-21-8-7-18-15(21)10-19-16(17)20-13-5-4-6-14(9-13)22-3/h4-9,12H,10-11H2,1-3H3,(H3,17,19,20). The van der Waals surface area contributed by atoms with Crippen LogP contribution in [0.25, 0.3) is 0 Å². The minimum atomic E-state index is 0.354. The van der Waals surface area contributed by atoms with Gasteiger partial charge in [-0.25, -0.2) is 9.98 Å². The van der Waals surface area contributed by atoms with Crippen molar-refractivity contribution in [2.24, 2.45) is 16.6 Å². The van der Waals surface area contributed by atoms with Crippen molar-refractivity contribution in [3.63, 3.8) is 0 Å². The van der Waals surface area contributed by atoms with Gasteiger partial charge in [-0.3, -0.25) is 0 Å². The van der Waals surface area contributed by atoms with Gasteiger partial charge in [0.1, 0.15) is 18.1 Å². The van der Waals surface area contributed by atoms with E-state index in [4.69, 9.17) is 10.5 Å². The summed E-state index contributed by atoms with van der Waals surface area (Å²) in [6, 6.07) is 7.54. The average molecular weight is 301 g/mol. The van der Waals surface area contributed by atoms with Crippen LogP contribution in [0.3, 0.4) is 0 Å². The number of methoxy groups -OCH3 is 1. The van der Waals surface area contributed by atoms with Gasteiger partial charge in [-0.15, -0.1) is 0 Å². The molecule has 2 rings (SSSR count). The molecule has 0 atom stereocenters. The molecule has 0 unspecified atom stereocenters. The number of guanidine groups is 1. The SMILES string of the molecule is COc1cccc(NC(N)=NCc2nccn2CC(C)C)c1. The second kappa shape index (κ2) is 7.49. The molecule has 6 nitrogen and oxygen atoms in total. The van der Waals surface area contributed by atoms with E-state index >= 15 is 0 Å². The molecule has 1 aromatic heterocycles. The summed E-state index contributed by atoms with van der Waals surface area (Å²) in [4.78, 5) is 8.67. The number of rotatable bonds is 6. The van der Waals surface area contributed by atoms with Gasteiger partial charge in [0, 0.05) is 30.7 Å². The van der Waals surface area contributed by atoms with E-state index in [0.29, 0.717) is 18.4 Å². The Morgan fingerprint density at radius 3 is 3.00 bits per heavy atom. The summed E-state index contributed by atoms with van der Waals surface area (Å²) in [6.45, 7) is 5.72. The van der Waals surface area contributed by atoms with E-state index in [1.54, 1.807) is 13.3 Å². The predicted octanol–water partition coefficient (Wildman–Crippen LogP) is 2.47. The van der Waals surface area contributed by atoms with Gasteiger partial charge >= 0.3 is 0 Å². The lowest BCUT2D eigenvalue weighted by atomic mass is 10.2. The summed E-state index contributed by atoms with van der Waals surface area (Å²) in [5, 5.41) is 3.05. The van der Waals surface area contributed by atoms with E-state index in [1.165, 1.54) is 0 Å². The Bertz CT molecular complexity index is 633. The summed E-state index contributed by atoms with van der Waals surface area (Å²) in [7, 11) is 1.63. The van der Waals surface area contributed by atoms with Crippen molar-refractivity contribution in [1.29, 1.82) is 0 Å². The first kappa shape index (κ1) is 15.9. The fourth-order valence-corrected chi connectivity index (χ4v) is 2.10. The number of nitrogens with two attached hydrogens (primary N) is 1. The van der Waals surface area contributed by atoms with Gasteiger partial charge in [0.15, 0.2) is 5.96 Å². The van der Waals surface area contributed by atoms with Crippen LogP contribution in [0.2, 0.25) is 0 Å². The molecule has 0 saturated heterocycles. The number of nitrogens with one attached hydrogen (secondary N) is 1. The van der Waals surface area contributed by atoms with Crippen molar-refractivity contribution in [3.05, 3.63) is 42.5 Å². The zero-order chi connectivity index (χ0) is 15.9. The lowest BCUT2D eigenvalue weighted by Crippen LogP contribution is -2.23. The summed E-state index contributed by atoms with van der Waals surface area (Å²) in [5.74, 6) is 2.59. The molecule has 2 aromatic rings. The maximum absolute atomic E-state index is 5.93. The van der Waals surface area contributed by atoms with Gasteiger partial charge in [-0.05, 0) is 18.1 Å². The highest BCUT2D eigenvalue weighted by Crippen LogP contribution is 2.16. The number of benzene rings is 1. The van der Waals surface area contributed by atoms with Crippen LogP contribution in [0.4, 0.5) is 5.69 Å². The third-order valence-corrected chi connectivity index (χ3v) is 3.10. The zero-order valence-electron chi connectivity index (χ0n) is 13.3. The lowest BCUT2D eigenvalue weighted by Gasteiger charge is -2.10. The van der Waals surface area contributed by atoms with E-state index in [0.717, 1.165) is 23.8 Å². The molecule has 3 N–H and O–H groups in total. The number of ether oxygens (including phenoxy) is 1. The molecule has 0 amide bonds. The summed E-state index contributed by atoms with van der Waals surface area (Å²) in [6.07, 6.45) is 3.76. The van der Waals surface area contributed by atoms with Gasteiger partial charge < -0.3 is 20.4 Å². The van der Waals surface area contributed by atoms with E-state index in [2.05, 4.69) is 33.7 Å². The van der Waals surface area contributed by atoms with Crippen LogP contribution in [-0.2, 0) is 13.1 Å². The number of aliphatic imine (C=N–C) groups is 1. The molecule has 6 heteroatoms. The number of anilines is 1. The Morgan fingerprint density at radius 2 is 2.27 bits per heavy atom. The minimum absolute atomic E-state index is 0.354. The molecular weight excluding hydrogens is 278 g/mol. The van der Waals surface area contributed by atoms with Gasteiger partial charge in [-0.1, -0.05) is 19.9 Å². The third kappa shape index (κ3) is 4.51. The van der Waals surface area contributed by atoms with Crippen LogP contribution in [0.1, 0.15) is 19.7 Å². The number of nitrogens with zero attached hydrogens (tertiary/aromatic N) is 3. The van der Waals surface area contributed by atoms with Gasteiger partial charge in [0.2, 0.25) is 0 Å². The highest BCUT2D eigenvalue weighted by atomic mass is 16.5. The van der Waals surface area contributed by atoms with Crippen LogP contribution in [0, 0.1) is 5.92 Å². The van der Waals surface area contributed by atoms with Crippen molar-refractivity contribution < 1.29 is 4.74 Å². The average Bonchev–Trinajstić information content (AvgIpc) is 2.91. The molecule has 0 bridgehead atoms. The molecule has 0 radical (unpaired) electrons. The molecule has 0 spiro atoms. The fraction of sp³-hybridized carbons (Fsp3) is 0.375. The monoisotopic (exact) mass is 301 g/mol. The first-order valence-electron chi connectivity index (χ1n) is 7.29. The molecule has 118 valence electrons. The maximum atomic E-state index is 5.93. The Kier molecular flexibility index (Phi) is 5.41. The predicted molar refractivity (Wildman–Crippen MR) is 89.0 cm³/mol. The van der Waals surface area contributed by atoms with Crippen LogP contribution >= 0.6 is 0 Å². The van der Waals surface area contributed by atoms with E-state index in [9.17, 15) is 0 Å². The molecule has 0 saturated carbocycles. The summed E-state index contributed by atoms with van der Waals surface area (Å²) < 4.78 is 7.28. The number of hydrogen-bond acceptors (Lipinski definition) is 3. The Morgan fingerprint density at radius 1 is 1.45 bits per heavy atom. The normalized spacial score (nSPS) is 11.7. The molecular formula is C16H23N5O. The zero-order valence-corrected chi connectivity index (χ0v) is 13.3. The van der Waals surface area contributed by atoms with Crippen molar-refractivity contribution >= 4 is 11.6 Å². The van der Waals surface area contributed by atoms with Crippen molar-refractivity contribution in [2.75, 3.05) is 12.4 Å². The van der Waals surface area contributed by atoms with Crippen LogP contribution in [0.15, 0.2) is 41.7 Å². The summed E-state index contributed by atoms with van der Waals surface area (Å²) >= 11 is 0.